The maximum atomic E-state index is 14.4. The normalized spacial score (nSPS) is 14.0. The van der Waals surface area contributed by atoms with Crippen LogP contribution in [0.25, 0.3) is 5.69 Å². The van der Waals surface area contributed by atoms with E-state index in [-0.39, 0.29) is 23.8 Å². The van der Waals surface area contributed by atoms with Crippen LogP contribution in [-0.2, 0) is 9.53 Å². The molecule has 1 amide bonds. The molecule has 0 unspecified atom stereocenters. The van der Waals surface area contributed by atoms with E-state index in [4.69, 9.17) is 4.74 Å². The maximum Gasteiger partial charge on any atom is 0.338 e. The molecule has 1 aromatic heterocycles. The van der Waals surface area contributed by atoms with Crippen LogP contribution in [0.2, 0.25) is 0 Å². The molecule has 1 aromatic carbocycles. The molecule has 0 bridgehead atoms. The smallest absolute Gasteiger partial charge is 0.338 e. The highest BCUT2D eigenvalue weighted by Crippen LogP contribution is 2.18. The molecule has 25 heavy (non-hydrogen) atoms. The third kappa shape index (κ3) is 3.70. The zero-order chi connectivity index (χ0) is 18.0. The van der Waals surface area contributed by atoms with Crippen molar-refractivity contribution in [3.63, 3.8) is 0 Å². The number of rotatable bonds is 4. The van der Waals surface area contributed by atoms with E-state index in [0.717, 1.165) is 30.3 Å². The van der Waals surface area contributed by atoms with Crippen molar-refractivity contribution in [1.29, 1.82) is 0 Å². The summed E-state index contributed by atoms with van der Waals surface area (Å²) in [7, 11) is 0. The summed E-state index contributed by atoms with van der Waals surface area (Å²) in [5.41, 5.74) is 1.90. The SMILES string of the molecule is Cc1cc(C)n(-c2ccc(C(=O)OCC(=O)N3CCCC3)cc2F)n1. The average Bonchev–Trinajstić information content (AvgIpc) is 3.22. The minimum absolute atomic E-state index is 0.0667. The van der Waals surface area contributed by atoms with Gasteiger partial charge in [0.1, 0.15) is 11.5 Å². The van der Waals surface area contributed by atoms with Crippen molar-refractivity contribution in [2.24, 2.45) is 0 Å². The number of carbonyl (C=O) groups is 2. The topological polar surface area (TPSA) is 64.4 Å². The highest BCUT2D eigenvalue weighted by atomic mass is 19.1. The van der Waals surface area contributed by atoms with Crippen LogP contribution in [-0.4, -0.2) is 46.3 Å². The molecule has 0 spiro atoms. The molecule has 0 aliphatic carbocycles. The van der Waals surface area contributed by atoms with Gasteiger partial charge in [-0.1, -0.05) is 0 Å². The van der Waals surface area contributed by atoms with Crippen molar-refractivity contribution in [2.75, 3.05) is 19.7 Å². The first-order chi connectivity index (χ1) is 12.0. The first-order valence-electron chi connectivity index (χ1n) is 8.24. The fraction of sp³-hybridized carbons (Fsp3) is 0.389. The monoisotopic (exact) mass is 345 g/mol. The second-order valence-electron chi connectivity index (χ2n) is 6.17. The molecule has 1 fully saturated rings. The van der Waals surface area contributed by atoms with E-state index in [2.05, 4.69) is 5.10 Å². The van der Waals surface area contributed by atoms with Crippen molar-refractivity contribution in [1.82, 2.24) is 14.7 Å². The van der Waals surface area contributed by atoms with Crippen LogP contribution in [0.4, 0.5) is 4.39 Å². The van der Waals surface area contributed by atoms with Gasteiger partial charge in [0.25, 0.3) is 5.91 Å². The summed E-state index contributed by atoms with van der Waals surface area (Å²) in [5.74, 6) is -1.51. The van der Waals surface area contributed by atoms with E-state index in [9.17, 15) is 14.0 Å². The lowest BCUT2D eigenvalue weighted by Gasteiger charge is -2.15. The lowest BCUT2D eigenvalue weighted by atomic mass is 10.2. The third-order valence-corrected chi connectivity index (χ3v) is 4.21. The number of hydrogen-bond acceptors (Lipinski definition) is 4. The van der Waals surface area contributed by atoms with Crippen molar-refractivity contribution in [3.05, 3.63) is 47.0 Å². The Labute approximate surface area is 145 Å². The van der Waals surface area contributed by atoms with Crippen LogP contribution in [0, 0.1) is 19.7 Å². The molecular weight excluding hydrogens is 325 g/mol. The Bertz CT molecular complexity index is 810. The van der Waals surface area contributed by atoms with E-state index in [0.29, 0.717) is 13.1 Å². The summed E-state index contributed by atoms with van der Waals surface area (Å²) >= 11 is 0. The quantitative estimate of drug-likeness (QED) is 0.798. The molecule has 1 saturated heterocycles. The van der Waals surface area contributed by atoms with E-state index in [1.165, 1.54) is 16.8 Å². The largest absolute Gasteiger partial charge is 0.452 e. The molecule has 0 saturated carbocycles. The van der Waals surface area contributed by atoms with Gasteiger partial charge in [-0.05, 0) is 51.0 Å². The Kier molecular flexibility index (Phi) is 4.83. The Morgan fingerprint density at radius 1 is 1.20 bits per heavy atom. The number of amides is 1. The van der Waals surface area contributed by atoms with Crippen molar-refractivity contribution in [2.45, 2.75) is 26.7 Å². The van der Waals surface area contributed by atoms with E-state index in [1.807, 2.05) is 19.9 Å². The summed E-state index contributed by atoms with van der Waals surface area (Å²) in [6.07, 6.45) is 1.94. The predicted molar refractivity (Wildman–Crippen MR) is 89.1 cm³/mol. The van der Waals surface area contributed by atoms with Crippen LogP contribution in [0.3, 0.4) is 0 Å². The number of aromatic nitrogens is 2. The Balaban J connectivity index is 1.68. The Hall–Kier alpha value is -2.70. The molecule has 2 heterocycles. The fourth-order valence-corrected chi connectivity index (χ4v) is 2.95. The van der Waals surface area contributed by atoms with E-state index in [1.54, 1.807) is 4.90 Å². The molecule has 2 aromatic rings. The van der Waals surface area contributed by atoms with Crippen LogP contribution < -0.4 is 0 Å². The molecule has 1 aliphatic heterocycles. The molecule has 0 radical (unpaired) electrons. The van der Waals surface area contributed by atoms with Gasteiger partial charge < -0.3 is 9.64 Å². The summed E-state index contributed by atoms with van der Waals surface area (Å²) in [4.78, 5) is 25.6. The zero-order valence-electron chi connectivity index (χ0n) is 14.3. The number of aryl methyl sites for hydroxylation is 2. The third-order valence-electron chi connectivity index (χ3n) is 4.21. The first-order valence-corrected chi connectivity index (χ1v) is 8.24. The number of ether oxygens (including phenoxy) is 1. The van der Waals surface area contributed by atoms with Crippen LogP contribution >= 0.6 is 0 Å². The second-order valence-corrected chi connectivity index (χ2v) is 6.17. The number of esters is 1. The standard InChI is InChI=1S/C18H20FN3O3/c1-12-9-13(2)22(20-12)16-6-5-14(10-15(16)19)18(24)25-11-17(23)21-7-3-4-8-21/h5-6,9-10H,3-4,7-8,11H2,1-2H3. The molecule has 132 valence electrons. The van der Waals surface area contributed by atoms with Crippen LogP contribution in [0.5, 0.6) is 0 Å². The number of carbonyl (C=O) groups excluding carboxylic acids is 2. The first kappa shape index (κ1) is 17.1. The molecule has 0 N–H and O–H groups in total. The van der Waals surface area contributed by atoms with Gasteiger partial charge in [0, 0.05) is 18.8 Å². The van der Waals surface area contributed by atoms with Gasteiger partial charge in [-0.3, -0.25) is 4.79 Å². The van der Waals surface area contributed by atoms with Crippen LogP contribution in [0.15, 0.2) is 24.3 Å². The Morgan fingerprint density at radius 2 is 1.92 bits per heavy atom. The summed E-state index contributed by atoms with van der Waals surface area (Å²) < 4.78 is 20.9. The summed E-state index contributed by atoms with van der Waals surface area (Å²) in [6.45, 7) is 4.72. The van der Waals surface area contributed by atoms with Gasteiger partial charge >= 0.3 is 5.97 Å². The number of hydrogen-bond donors (Lipinski definition) is 0. The lowest BCUT2D eigenvalue weighted by Crippen LogP contribution is -2.32. The average molecular weight is 345 g/mol. The van der Waals surface area contributed by atoms with Gasteiger partial charge in [0.15, 0.2) is 6.61 Å². The van der Waals surface area contributed by atoms with Gasteiger partial charge in [-0.2, -0.15) is 5.10 Å². The molecule has 3 rings (SSSR count). The highest BCUT2D eigenvalue weighted by molar-refractivity contribution is 5.91. The highest BCUT2D eigenvalue weighted by Gasteiger charge is 2.20. The van der Waals surface area contributed by atoms with Crippen molar-refractivity contribution >= 4 is 11.9 Å². The Morgan fingerprint density at radius 3 is 2.52 bits per heavy atom. The maximum absolute atomic E-state index is 14.4. The van der Waals surface area contributed by atoms with Crippen molar-refractivity contribution < 1.29 is 18.7 Å². The summed E-state index contributed by atoms with van der Waals surface area (Å²) in [6, 6.07) is 5.89. The van der Waals surface area contributed by atoms with Crippen molar-refractivity contribution in [3.8, 4) is 5.69 Å². The van der Waals surface area contributed by atoms with E-state index < -0.39 is 11.8 Å². The molecule has 6 nitrogen and oxygen atoms in total. The van der Waals surface area contributed by atoms with Gasteiger partial charge in [-0.15, -0.1) is 0 Å². The van der Waals surface area contributed by atoms with Gasteiger partial charge in [0.2, 0.25) is 0 Å². The molecule has 7 heteroatoms. The minimum atomic E-state index is -0.716. The lowest BCUT2D eigenvalue weighted by molar-refractivity contribution is -0.133. The zero-order valence-corrected chi connectivity index (χ0v) is 14.3. The molecule has 0 atom stereocenters. The van der Waals surface area contributed by atoms with Gasteiger partial charge in [-0.25, -0.2) is 13.9 Å². The number of likely N-dealkylation sites (tertiary alicyclic amines) is 1. The summed E-state index contributed by atoms with van der Waals surface area (Å²) in [5, 5.41) is 4.23. The van der Waals surface area contributed by atoms with E-state index >= 15 is 0 Å². The fourth-order valence-electron chi connectivity index (χ4n) is 2.95. The number of benzene rings is 1. The van der Waals surface area contributed by atoms with Gasteiger partial charge in [0.05, 0.1) is 11.3 Å². The van der Waals surface area contributed by atoms with Crippen LogP contribution in [0.1, 0.15) is 34.6 Å². The minimum Gasteiger partial charge on any atom is -0.452 e. The second kappa shape index (κ2) is 7.04. The molecule has 1 aliphatic rings. The number of nitrogens with zero attached hydrogens (tertiary/aromatic N) is 3. The predicted octanol–water partition coefficient (Wildman–Crippen LogP) is 2.41. The molecular formula is C18H20FN3O3. The number of halogens is 1.